The number of nitrogens with one attached hydrogen (secondary N) is 1. The van der Waals surface area contributed by atoms with Crippen LogP contribution in [-0.2, 0) is 0 Å². The van der Waals surface area contributed by atoms with Crippen molar-refractivity contribution in [2.75, 3.05) is 20.2 Å². The van der Waals surface area contributed by atoms with Gasteiger partial charge in [0.25, 0.3) is 0 Å². The van der Waals surface area contributed by atoms with Crippen LogP contribution in [0.15, 0.2) is 18.2 Å². The van der Waals surface area contributed by atoms with Crippen molar-refractivity contribution < 1.29 is 9.47 Å². The molecule has 0 aliphatic carbocycles. The lowest BCUT2D eigenvalue weighted by Crippen LogP contribution is -2.50. The number of fused-ring (bicyclic) bond motifs is 1. The molecular formula is C14H20N2O2. The summed E-state index contributed by atoms with van der Waals surface area (Å²) < 4.78 is 11.5. The quantitative estimate of drug-likeness (QED) is 0.792. The summed E-state index contributed by atoms with van der Waals surface area (Å²) in [5, 5.41) is 3.37. The molecule has 0 bridgehead atoms. The number of methoxy groups -OCH3 is 1. The highest BCUT2D eigenvalue weighted by Crippen LogP contribution is 2.43. The van der Waals surface area contributed by atoms with Crippen molar-refractivity contribution in [3.63, 3.8) is 0 Å². The Kier molecular flexibility index (Phi) is 2.92. The smallest absolute Gasteiger partial charge is 0.128 e. The molecule has 18 heavy (non-hydrogen) atoms. The van der Waals surface area contributed by atoms with Crippen LogP contribution in [0.5, 0.6) is 11.5 Å². The second-order valence-corrected chi connectivity index (χ2v) is 5.25. The highest BCUT2D eigenvalue weighted by molar-refractivity contribution is 5.44. The molecule has 0 unspecified atom stereocenters. The Morgan fingerprint density at radius 2 is 2.17 bits per heavy atom. The van der Waals surface area contributed by atoms with Gasteiger partial charge < -0.3 is 20.5 Å². The summed E-state index contributed by atoms with van der Waals surface area (Å²) in [6.07, 6.45) is 2.96. The van der Waals surface area contributed by atoms with Gasteiger partial charge in [-0.05, 0) is 32.0 Å². The maximum atomic E-state index is 6.30. The molecule has 4 heteroatoms. The molecule has 4 nitrogen and oxygen atoms in total. The van der Waals surface area contributed by atoms with Crippen LogP contribution >= 0.6 is 0 Å². The lowest BCUT2D eigenvalue weighted by atomic mass is 9.81. The predicted molar refractivity (Wildman–Crippen MR) is 70.0 cm³/mol. The normalized spacial score (nSPS) is 25.3. The molecule has 0 amide bonds. The lowest BCUT2D eigenvalue weighted by molar-refractivity contribution is 0.00774. The van der Waals surface area contributed by atoms with Crippen LogP contribution in [0.4, 0.5) is 0 Å². The second kappa shape index (κ2) is 4.44. The van der Waals surface area contributed by atoms with Crippen LogP contribution in [0.25, 0.3) is 0 Å². The summed E-state index contributed by atoms with van der Waals surface area (Å²) in [6.45, 7) is 2.01. The molecule has 1 aromatic rings. The SMILES string of the molecule is COc1ccc2c(c1)OC1(CCNCC1)C[C@@H]2N. The molecule has 3 N–H and O–H groups in total. The number of nitrogens with two attached hydrogens (primary N) is 1. The molecule has 1 aromatic carbocycles. The maximum absolute atomic E-state index is 6.30. The van der Waals surface area contributed by atoms with Crippen molar-refractivity contribution in [3.05, 3.63) is 23.8 Å². The summed E-state index contributed by atoms with van der Waals surface area (Å²) in [6, 6.07) is 5.99. The van der Waals surface area contributed by atoms with Crippen molar-refractivity contribution in [1.82, 2.24) is 5.32 Å². The molecule has 0 radical (unpaired) electrons. The van der Waals surface area contributed by atoms with E-state index in [-0.39, 0.29) is 11.6 Å². The molecular weight excluding hydrogens is 228 g/mol. The molecule has 1 saturated heterocycles. The Balaban J connectivity index is 1.94. The molecule has 1 spiro atoms. The Labute approximate surface area is 107 Å². The van der Waals surface area contributed by atoms with Crippen molar-refractivity contribution >= 4 is 0 Å². The van der Waals surface area contributed by atoms with Gasteiger partial charge in [-0.3, -0.25) is 0 Å². The summed E-state index contributed by atoms with van der Waals surface area (Å²) in [5.41, 5.74) is 7.32. The minimum atomic E-state index is -0.0793. The number of ether oxygens (including phenoxy) is 2. The van der Waals surface area contributed by atoms with Crippen LogP contribution in [-0.4, -0.2) is 25.8 Å². The molecule has 3 rings (SSSR count). The maximum Gasteiger partial charge on any atom is 0.128 e. The third-order valence-electron chi connectivity index (χ3n) is 4.05. The van der Waals surface area contributed by atoms with Crippen molar-refractivity contribution in [2.24, 2.45) is 5.73 Å². The van der Waals surface area contributed by atoms with E-state index in [1.54, 1.807) is 7.11 Å². The lowest BCUT2D eigenvalue weighted by Gasteiger charge is -2.43. The average molecular weight is 248 g/mol. The van der Waals surface area contributed by atoms with Gasteiger partial charge in [0, 0.05) is 24.1 Å². The fourth-order valence-electron chi connectivity index (χ4n) is 3.01. The highest BCUT2D eigenvalue weighted by atomic mass is 16.5. The van der Waals surface area contributed by atoms with Gasteiger partial charge in [0.05, 0.1) is 7.11 Å². The highest BCUT2D eigenvalue weighted by Gasteiger charge is 2.40. The van der Waals surface area contributed by atoms with E-state index in [2.05, 4.69) is 5.32 Å². The molecule has 2 aliphatic heterocycles. The molecule has 2 aliphatic rings. The van der Waals surface area contributed by atoms with E-state index in [4.69, 9.17) is 15.2 Å². The molecule has 0 saturated carbocycles. The van der Waals surface area contributed by atoms with Crippen LogP contribution in [0.2, 0.25) is 0 Å². The second-order valence-electron chi connectivity index (χ2n) is 5.25. The van der Waals surface area contributed by atoms with E-state index in [1.165, 1.54) is 0 Å². The van der Waals surface area contributed by atoms with E-state index < -0.39 is 0 Å². The van der Waals surface area contributed by atoms with Crippen LogP contribution < -0.4 is 20.5 Å². The third kappa shape index (κ3) is 1.95. The Morgan fingerprint density at radius 3 is 2.89 bits per heavy atom. The van der Waals surface area contributed by atoms with E-state index in [1.807, 2.05) is 18.2 Å². The van der Waals surface area contributed by atoms with E-state index >= 15 is 0 Å². The molecule has 98 valence electrons. The number of rotatable bonds is 1. The zero-order valence-electron chi connectivity index (χ0n) is 10.7. The summed E-state index contributed by atoms with van der Waals surface area (Å²) in [4.78, 5) is 0. The molecule has 1 atom stereocenters. The minimum Gasteiger partial charge on any atom is -0.497 e. The Bertz CT molecular complexity index is 441. The first-order valence-corrected chi connectivity index (χ1v) is 6.56. The zero-order chi connectivity index (χ0) is 12.6. The minimum absolute atomic E-state index is 0.0674. The fraction of sp³-hybridized carbons (Fsp3) is 0.571. The van der Waals surface area contributed by atoms with Crippen LogP contribution in [0, 0.1) is 0 Å². The monoisotopic (exact) mass is 248 g/mol. The largest absolute Gasteiger partial charge is 0.497 e. The van der Waals surface area contributed by atoms with Gasteiger partial charge in [0.1, 0.15) is 17.1 Å². The van der Waals surface area contributed by atoms with Crippen molar-refractivity contribution in [2.45, 2.75) is 30.9 Å². The number of benzene rings is 1. The van der Waals surface area contributed by atoms with Gasteiger partial charge in [-0.25, -0.2) is 0 Å². The van der Waals surface area contributed by atoms with E-state index in [0.717, 1.165) is 49.4 Å². The van der Waals surface area contributed by atoms with Crippen molar-refractivity contribution in [1.29, 1.82) is 0 Å². The van der Waals surface area contributed by atoms with Gasteiger partial charge in [0.15, 0.2) is 0 Å². The summed E-state index contributed by atoms with van der Waals surface area (Å²) in [5.74, 6) is 1.72. The van der Waals surface area contributed by atoms with E-state index in [9.17, 15) is 0 Å². The van der Waals surface area contributed by atoms with E-state index in [0.29, 0.717) is 0 Å². The first kappa shape index (κ1) is 11.8. The summed E-state index contributed by atoms with van der Waals surface area (Å²) >= 11 is 0. The molecule has 0 aromatic heterocycles. The zero-order valence-corrected chi connectivity index (χ0v) is 10.7. The number of hydrogen-bond acceptors (Lipinski definition) is 4. The topological polar surface area (TPSA) is 56.5 Å². The molecule has 1 fully saturated rings. The van der Waals surface area contributed by atoms with Gasteiger partial charge in [-0.15, -0.1) is 0 Å². The van der Waals surface area contributed by atoms with Gasteiger partial charge in [-0.1, -0.05) is 6.07 Å². The van der Waals surface area contributed by atoms with Crippen LogP contribution in [0.1, 0.15) is 30.9 Å². The Hall–Kier alpha value is -1.26. The number of piperidine rings is 1. The Morgan fingerprint density at radius 1 is 1.39 bits per heavy atom. The van der Waals surface area contributed by atoms with Crippen LogP contribution in [0.3, 0.4) is 0 Å². The molecule has 2 heterocycles. The fourth-order valence-corrected chi connectivity index (χ4v) is 3.01. The summed E-state index contributed by atoms with van der Waals surface area (Å²) in [7, 11) is 1.67. The first-order valence-electron chi connectivity index (χ1n) is 6.56. The van der Waals surface area contributed by atoms with Crippen molar-refractivity contribution in [3.8, 4) is 11.5 Å². The third-order valence-corrected chi connectivity index (χ3v) is 4.05. The standard InChI is InChI=1S/C14H20N2O2/c1-17-10-2-3-11-12(15)9-14(18-13(11)8-10)4-6-16-7-5-14/h2-3,8,12,16H,4-7,9,15H2,1H3/t12-/m0/s1. The van der Waals surface area contributed by atoms with Gasteiger partial charge in [-0.2, -0.15) is 0 Å². The number of hydrogen-bond donors (Lipinski definition) is 2. The van der Waals surface area contributed by atoms with Gasteiger partial charge >= 0.3 is 0 Å². The van der Waals surface area contributed by atoms with Gasteiger partial charge in [0.2, 0.25) is 0 Å². The first-order chi connectivity index (χ1) is 8.72. The average Bonchev–Trinajstić information content (AvgIpc) is 2.38. The predicted octanol–water partition coefficient (Wildman–Crippen LogP) is 1.60.